The van der Waals surface area contributed by atoms with Crippen molar-refractivity contribution in [3.8, 4) is 0 Å². The molecule has 1 fully saturated rings. The normalized spacial score (nSPS) is 16.5. The van der Waals surface area contributed by atoms with Crippen LogP contribution in [0.25, 0.3) is 0 Å². The van der Waals surface area contributed by atoms with Crippen molar-refractivity contribution in [2.45, 2.75) is 48.7 Å². The third-order valence-electron chi connectivity index (χ3n) is 4.52. The molecule has 3 rings (SSSR count). The second-order valence-electron chi connectivity index (χ2n) is 6.15. The maximum atomic E-state index is 12.4. The zero-order valence-corrected chi connectivity index (χ0v) is 13.6. The highest BCUT2D eigenvalue weighted by atomic mass is 32.2. The van der Waals surface area contributed by atoms with Crippen molar-refractivity contribution >= 4 is 9.84 Å². The van der Waals surface area contributed by atoms with Crippen molar-refractivity contribution < 1.29 is 8.42 Å². The monoisotopic (exact) mass is 314 g/mol. The van der Waals surface area contributed by atoms with Crippen LogP contribution in [0.5, 0.6) is 0 Å². The van der Waals surface area contributed by atoms with Crippen molar-refractivity contribution in [2.75, 3.05) is 0 Å². The number of benzene rings is 2. The van der Waals surface area contributed by atoms with Crippen molar-refractivity contribution in [3.63, 3.8) is 0 Å². The Morgan fingerprint density at radius 1 is 0.818 bits per heavy atom. The van der Waals surface area contributed by atoms with E-state index in [-0.39, 0.29) is 5.75 Å². The van der Waals surface area contributed by atoms with Gasteiger partial charge in [-0.05, 0) is 42.0 Å². The summed E-state index contributed by atoms with van der Waals surface area (Å²) in [6, 6.07) is 16.9. The summed E-state index contributed by atoms with van der Waals surface area (Å²) in [5.74, 6) is 0.732. The van der Waals surface area contributed by atoms with Gasteiger partial charge in [0.1, 0.15) is 0 Å². The number of sulfone groups is 1. The first-order valence-electron chi connectivity index (χ1n) is 8.02. The molecule has 0 aromatic heterocycles. The Morgan fingerprint density at radius 3 is 2.09 bits per heavy atom. The lowest BCUT2D eigenvalue weighted by Crippen LogP contribution is -2.06. The van der Waals surface area contributed by atoms with Gasteiger partial charge in [-0.2, -0.15) is 0 Å². The van der Waals surface area contributed by atoms with Gasteiger partial charge in [0.05, 0.1) is 10.6 Å². The summed E-state index contributed by atoms with van der Waals surface area (Å²) in [5.41, 5.74) is 2.23. The predicted molar refractivity (Wildman–Crippen MR) is 89.6 cm³/mol. The van der Waals surface area contributed by atoms with Crippen molar-refractivity contribution in [3.05, 3.63) is 65.7 Å². The lowest BCUT2D eigenvalue weighted by Gasteiger charge is -2.22. The average Bonchev–Trinajstić information content (AvgIpc) is 2.57. The molecule has 0 saturated heterocycles. The highest BCUT2D eigenvalue weighted by Gasteiger charge is 2.17. The van der Waals surface area contributed by atoms with E-state index < -0.39 is 9.84 Å². The van der Waals surface area contributed by atoms with Gasteiger partial charge in [-0.15, -0.1) is 0 Å². The number of rotatable bonds is 4. The summed E-state index contributed by atoms with van der Waals surface area (Å²) in [6.07, 6.45) is 6.51. The van der Waals surface area contributed by atoms with Crippen molar-refractivity contribution in [1.29, 1.82) is 0 Å². The lowest BCUT2D eigenvalue weighted by atomic mass is 9.84. The molecule has 2 aromatic rings. The van der Waals surface area contributed by atoms with Crippen LogP contribution in [0.4, 0.5) is 0 Å². The van der Waals surface area contributed by atoms with Crippen LogP contribution in [0.15, 0.2) is 59.5 Å². The lowest BCUT2D eigenvalue weighted by molar-refractivity contribution is 0.443. The van der Waals surface area contributed by atoms with Crippen LogP contribution < -0.4 is 0 Å². The molecule has 0 unspecified atom stereocenters. The Balaban J connectivity index is 1.73. The van der Waals surface area contributed by atoms with Crippen LogP contribution in [0.3, 0.4) is 0 Å². The first-order chi connectivity index (χ1) is 10.6. The van der Waals surface area contributed by atoms with E-state index in [1.165, 1.54) is 37.7 Å². The molecule has 0 aliphatic heterocycles. The molecule has 0 bridgehead atoms. The Morgan fingerprint density at radius 2 is 1.45 bits per heavy atom. The van der Waals surface area contributed by atoms with E-state index in [1.807, 2.05) is 18.2 Å². The summed E-state index contributed by atoms with van der Waals surface area (Å²) in [6.45, 7) is 0. The maximum Gasteiger partial charge on any atom is 0.182 e. The number of hydrogen-bond acceptors (Lipinski definition) is 2. The quantitative estimate of drug-likeness (QED) is 0.819. The molecule has 2 aromatic carbocycles. The summed E-state index contributed by atoms with van der Waals surface area (Å²) in [4.78, 5) is 0.395. The highest BCUT2D eigenvalue weighted by molar-refractivity contribution is 7.90. The highest BCUT2D eigenvalue weighted by Crippen LogP contribution is 2.32. The van der Waals surface area contributed by atoms with Gasteiger partial charge in [-0.1, -0.05) is 61.7 Å². The second kappa shape index (κ2) is 6.66. The van der Waals surface area contributed by atoms with E-state index in [9.17, 15) is 8.42 Å². The van der Waals surface area contributed by atoms with Gasteiger partial charge in [-0.25, -0.2) is 8.42 Å². The van der Waals surface area contributed by atoms with Gasteiger partial charge in [0.25, 0.3) is 0 Å². The van der Waals surface area contributed by atoms with Crippen molar-refractivity contribution in [1.82, 2.24) is 0 Å². The fourth-order valence-electron chi connectivity index (χ4n) is 3.25. The Bertz CT molecular complexity index is 697. The maximum absolute atomic E-state index is 12.4. The van der Waals surface area contributed by atoms with E-state index in [0.29, 0.717) is 10.8 Å². The summed E-state index contributed by atoms with van der Waals surface area (Å²) >= 11 is 0. The van der Waals surface area contributed by atoms with Gasteiger partial charge >= 0.3 is 0 Å². The van der Waals surface area contributed by atoms with Gasteiger partial charge in [0.2, 0.25) is 0 Å². The smallest absolute Gasteiger partial charge is 0.182 e. The molecule has 0 amide bonds. The topological polar surface area (TPSA) is 34.1 Å². The van der Waals surface area contributed by atoms with E-state index >= 15 is 0 Å². The summed E-state index contributed by atoms with van der Waals surface area (Å²) in [7, 11) is -3.25. The molecular formula is C19H22O2S. The molecule has 2 nitrogen and oxygen atoms in total. The van der Waals surface area contributed by atoms with Crippen LogP contribution in [-0.4, -0.2) is 8.42 Å². The number of hydrogen-bond donors (Lipinski definition) is 0. The van der Waals surface area contributed by atoms with Crippen LogP contribution in [-0.2, 0) is 15.6 Å². The third kappa shape index (κ3) is 3.58. The van der Waals surface area contributed by atoms with E-state index in [0.717, 1.165) is 5.56 Å². The van der Waals surface area contributed by atoms with Crippen molar-refractivity contribution in [2.24, 2.45) is 0 Å². The minimum Gasteiger partial charge on any atom is -0.223 e. The Kier molecular flexibility index (Phi) is 4.63. The minimum absolute atomic E-state index is 0.0714. The van der Waals surface area contributed by atoms with Gasteiger partial charge < -0.3 is 0 Å². The molecule has 0 N–H and O–H groups in total. The first-order valence-corrected chi connectivity index (χ1v) is 9.67. The van der Waals surface area contributed by atoms with Crippen LogP contribution >= 0.6 is 0 Å². The zero-order valence-electron chi connectivity index (χ0n) is 12.7. The summed E-state index contributed by atoms with van der Waals surface area (Å²) < 4.78 is 24.8. The van der Waals surface area contributed by atoms with E-state index in [2.05, 4.69) is 12.1 Å². The molecule has 1 aliphatic carbocycles. The van der Waals surface area contributed by atoms with Crippen LogP contribution in [0.1, 0.15) is 49.1 Å². The molecule has 22 heavy (non-hydrogen) atoms. The third-order valence-corrected chi connectivity index (χ3v) is 6.22. The Labute approximate surface area is 133 Å². The van der Waals surface area contributed by atoms with E-state index in [4.69, 9.17) is 0 Å². The molecular weight excluding hydrogens is 292 g/mol. The van der Waals surface area contributed by atoms with Crippen LogP contribution in [0.2, 0.25) is 0 Å². The van der Waals surface area contributed by atoms with Crippen LogP contribution in [0, 0.1) is 0 Å². The minimum atomic E-state index is -3.25. The largest absolute Gasteiger partial charge is 0.223 e. The predicted octanol–water partition coefficient (Wildman–Crippen LogP) is 4.71. The molecule has 116 valence electrons. The standard InChI is InChI=1S/C19H22O2S/c20-22(21,19-9-5-2-6-10-19)15-16-11-13-18(14-12-16)17-7-3-1-4-8-17/h2,5-6,9-14,17H,1,3-4,7-8,15H2. The molecule has 0 atom stereocenters. The zero-order chi connectivity index (χ0) is 15.4. The fraction of sp³-hybridized carbons (Fsp3) is 0.368. The van der Waals surface area contributed by atoms with Gasteiger partial charge in [0.15, 0.2) is 9.84 Å². The first kappa shape index (κ1) is 15.3. The van der Waals surface area contributed by atoms with Gasteiger partial charge in [0, 0.05) is 0 Å². The van der Waals surface area contributed by atoms with Gasteiger partial charge in [-0.3, -0.25) is 0 Å². The van der Waals surface area contributed by atoms with E-state index in [1.54, 1.807) is 24.3 Å². The summed E-state index contributed by atoms with van der Waals surface area (Å²) in [5, 5.41) is 0. The molecule has 0 spiro atoms. The second-order valence-corrected chi connectivity index (χ2v) is 8.14. The molecule has 0 heterocycles. The fourth-order valence-corrected chi connectivity index (χ4v) is 4.62. The average molecular weight is 314 g/mol. The molecule has 1 saturated carbocycles. The molecule has 1 aliphatic rings. The Hall–Kier alpha value is -1.61. The molecule has 0 radical (unpaired) electrons. The SMILES string of the molecule is O=S(=O)(Cc1ccc(C2CCCCC2)cc1)c1ccccc1. The molecule has 3 heteroatoms.